The summed E-state index contributed by atoms with van der Waals surface area (Å²) >= 11 is 0. The molecule has 0 N–H and O–H groups in total. The van der Waals surface area contributed by atoms with Crippen LogP contribution in [0.4, 0.5) is 0 Å². The Morgan fingerprint density at radius 3 is 1.34 bits per heavy atom. The largest absolute Gasteiger partial charge is 0.457 e. The van der Waals surface area contributed by atoms with Crippen LogP contribution in [0.1, 0.15) is 22.3 Å². The van der Waals surface area contributed by atoms with Crippen molar-refractivity contribution in [2.45, 2.75) is 12.8 Å². The third-order valence-electron chi connectivity index (χ3n) is 6.37. The van der Waals surface area contributed by atoms with E-state index in [4.69, 9.17) is 4.74 Å². The van der Waals surface area contributed by atoms with Crippen molar-refractivity contribution in [2.24, 2.45) is 0 Å². The van der Waals surface area contributed by atoms with E-state index < -0.39 is 0 Å². The Balaban J connectivity index is 1.13. The number of benzene rings is 4. The van der Waals surface area contributed by atoms with Crippen LogP contribution in [0.15, 0.2) is 122 Å². The van der Waals surface area contributed by atoms with Crippen molar-refractivity contribution >= 4 is 21.5 Å². The van der Waals surface area contributed by atoms with Crippen LogP contribution in [0.2, 0.25) is 0 Å². The van der Waals surface area contributed by atoms with Crippen molar-refractivity contribution in [3.05, 3.63) is 144 Å². The van der Waals surface area contributed by atoms with Crippen molar-refractivity contribution < 1.29 is 4.74 Å². The van der Waals surface area contributed by atoms with Crippen LogP contribution in [-0.4, -0.2) is 9.97 Å². The van der Waals surface area contributed by atoms with Crippen LogP contribution in [0.5, 0.6) is 11.5 Å². The van der Waals surface area contributed by atoms with Crippen molar-refractivity contribution in [2.75, 3.05) is 0 Å². The molecule has 168 valence electrons. The molecule has 3 nitrogen and oxygen atoms in total. The van der Waals surface area contributed by atoms with Crippen LogP contribution in [0.3, 0.4) is 0 Å². The maximum atomic E-state index is 6.10. The van der Waals surface area contributed by atoms with E-state index in [9.17, 15) is 0 Å². The van der Waals surface area contributed by atoms with Gasteiger partial charge >= 0.3 is 0 Å². The third-order valence-corrected chi connectivity index (χ3v) is 6.37. The lowest BCUT2D eigenvalue weighted by atomic mass is 10.0. The second-order valence-electron chi connectivity index (χ2n) is 8.78. The number of ether oxygens (including phenoxy) is 1. The molecule has 0 radical (unpaired) electrons. The Bertz CT molecular complexity index is 1470. The van der Waals surface area contributed by atoms with Gasteiger partial charge < -0.3 is 4.74 Å². The molecule has 0 aliphatic heterocycles. The predicted octanol–water partition coefficient (Wildman–Crippen LogP) is 7.76. The topological polar surface area (TPSA) is 35.0 Å². The second-order valence-corrected chi connectivity index (χ2v) is 8.78. The molecule has 35 heavy (non-hydrogen) atoms. The smallest absolute Gasteiger partial charge is 0.127 e. The van der Waals surface area contributed by atoms with Crippen LogP contribution in [0.25, 0.3) is 21.5 Å². The molecule has 0 bridgehead atoms. The number of nitrogens with zero attached hydrogens (tertiary/aromatic N) is 2. The summed E-state index contributed by atoms with van der Waals surface area (Å²) in [5.41, 5.74) is 4.92. The average molecular weight is 453 g/mol. The molecule has 0 spiro atoms. The Hall–Kier alpha value is -4.50. The van der Waals surface area contributed by atoms with Gasteiger partial charge in [-0.05, 0) is 70.1 Å². The minimum absolute atomic E-state index is 0.829. The molecular formula is C32H24N2O. The number of pyridine rings is 2. The fraction of sp³-hybridized carbons (Fsp3) is 0.0625. The lowest BCUT2D eigenvalue weighted by Crippen LogP contribution is -1.93. The van der Waals surface area contributed by atoms with E-state index in [0.717, 1.165) is 24.3 Å². The highest BCUT2D eigenvalue weighted by molar-refractivity contribution is 5.85. The number of hydrogen-bond acceptors (Lipinski definition) is 3. The van der Waals surface area contributed by atoms with Gasteiger partial charge in [0.25, 0.3) is 0 Å². The average Bonchev–Trinajstić information content (AvgIpc) is 2.91. The standard InChI is InChI=1S/C32H24N2O/c1-3-7-31-25(5-1)19-33-21-27(31)17-23-9-13-29(14-10-23)35-30-15-11-24(12-16-30)18-28-22-34-20-26-6-2-4-8-32(26)28/h1-16,19-22H,17-18H2. The van der Waals surface area contributed by atoms with Crippen LogP contribution in [0, 0.1) is 0 Å². The summed E-state index contributed by atoms with van der Waals surface area (Å²) in [4.78, 5) is 8.80. The molecule has 0 saturated carbocycles. The van der Waals surface area contributed by atoms with Gasteiger partial charge in [0.05, 0.1) is 0 Å². The molecule has 0 unspecified atom stereocenters. The van der Waals surface area contributed by atoms with E-state index in [1.165, 1.54) is 43.8 Å². The van der Waals surface area contributed by atoms with Gasteiger partial charge in [0.15, 0.2) is 0 Å². The normalized spacial score (nSPS) is 11.1. The molecule has 0 atom stereocenters. The first kappa shape index (κ1) is 21.1. The van der Waals surface area contributed by atoms with Crippen molar-refractivity contribution in [3.8, 4) is 11.5 Å². The summed E-state index contributed by atoms with van der Waals surface area (Å²) in [5.74, 6) is 1.66. The molecule has 0 aliphatic rings. The summed E-state index contributed by atoms with van der Waals surface area (Å²) in [6.45, 7) is 0. The zero-order valence-corrected chi connectivity index (χ0v) is 19.3. The zero-order chi connectivity index (χ0) is 23.5. The molecule has 0 amide bonds. The van der Waals surface area contributed by atoms with E-state index in [1.54, 1.807) is 0 Å². The summed E-state index contributed by atoms with van der Waals surface area (Å²) in [5, 5.41) is 4.85. The molecule has 3 heteroatoms. The highest BCUT2D eigenvalue weighted by atomic mass is 16.5. The van der Waals surface area contributed by atoms with Gasteiger partial charge in [-0.1, -0.05) is 72.8 Å². The highest BCUT2D eigenvalue weighted by Gasteiger charge is 2.06. The number of aromatic nitrogens is 2. The maximum absolute atomic E-state index is 6.10. The van der Waals surface area contributed by atoms with Crippen molar-refractivity contribution in [1.29, 1.82) is 0 Å². The van der Waals surface area contributed by atoms with E-state index in [0.29, 0.717) is 0 Å². The SMILES string of the molecule is c1ccc2c(Cc3ccc(Oc4ccc(Cc5cncc6ccccc56)cc4)cc3)cncc2c1. The molecule has 4 aromatic carbocycles. The molecule has 6 rings (SSSR count). The van der Waals surface area contributed by atoms with E-state index >= 15 is 0 Å². The summed E-state index contributed by atoms with van der Waals surface area (Å²) in [6, 6.07) is 33.4. The summed E-state index contributed by atoms with van der Waals surface area (Å²) in [7, 11) is 0. The van der Waals surface area contributed by atoms with Crippen molar-refractivity contribution in [3.63, 3.8) is 0 Å². The van der Waals surface area contributed by atoms with E-state index in [2.05, 4.69) is 70.6 Å². The van der Waals surface area contributed by atoms with E-state index in [1.807, 2.05) is 61.2 Å². The van der Waals surface area contributed by atoms with Crippen molar-refractivity contribution in [1.82, 2.24) is 9.97 Å². The third kappa shape index (κ3) is 4.62. The zero-order valence-electron chi connectivity index (χ0n) is 19.3. The van der Waals surface area contributed by atoms with Crippen LogP contribution >= 0.6 is 0 Å². The summed E-state index contributed by atoms with van der Waals surface area (Å²) in [6.07, 6.45) is 9.43. The predicted molar refractivity (Wildman–Crippen MR) is 142 cm³/mol. The van der Waals surface area contributed by atoms with Gasteiger partial charge in [0.1, 0.15) is 11.5 Å². The maximum Gasteiger partial charge on any atom is 0.127 e. The van der Waals surface area contributed by atoms with Gasteiger partial charge in [-0.3, -0.25) is 9.97 Å². The Kier molecular flexibility index (Phi) is 5.65. The van der Waals surface area contributed by atoms with Gasteiger partial charge in [-0.15, -0.1) is 0 Å². The first-order valence-corrected chi connectivity index (χ1v) is 11.8. The highest BCUT2D eigenvalue weighted by Crippen LogP contribution is 2.26. The Labute approximate surface area is 204 Å². The lowest BCUT2D eigenvalue weighted by molar-refractivity contribution is 0.482. The molecular weight excluding hydrogens is 428 g/mol. The molecule has 0 saturated heterocycles. The first-order valence-electron chi connectivity index (χ1n) is 11.8. The molecule has 2 heterocycles. The minimum Gasteiger partial charge on any atom is -0.457 e. The fourth-order valence-corrected chi connectivity index (χ4v) is 4.57. The Morgan fingerprint density at radius 2 is 0.886 bits per heavy atom. The number of fused-ring (bicyclic) bond motifs is 2. The molecule has 2 aromatic heterocycles. The van der Waals surface area contributed by atoms with Gasteiger partial charge in [-0.25, -0.2) is 0 Å². The van der Waals surface area contributed by atoms with Crippen LogP contribution in [-0.2, 0) is 12.8 Å². The summed E-state index contributed by atoms with van der Waals surface area (Å²) < 4.78 is 6.10. The minimum atomic E-state index is 0.829. The van der Waals surface area contributed by atoms with Gasteiger partial charge in [0.2, 0.25) is 0 Å². The second kappa shape index (κ2) is 9.40. The molecule has 0 aliphatic carbocycles. The number of rotatable bonds is 6. The van der Waals surface area contributed by atoms with E-state index in [-0.39, 0.29) is 0 Å². The van der Waals surface area contributed by atoms with Crippen LogP contribution < -0.4 is 4.74 Å². The fourth-order valence-electron chi connectivity index (χ4n) is 4.57. The molecule has 6 aromatic rings. The van der Waals surface area contributed by atoms with Gasteiger partial charge in [-0.2, -0.15) is 0 Å². The lowest BCUT2D eigenvalue weighted by Gasteiger charge is -2.10. The monoisotopic (exact) mass is 452 g/mol. The Morgan fingerprint density at radius 1 is 0.457 bits per heavy atom. The molecule has 0 fully saturated rings. The number of hydrogen-bond donors (Lipinski definition) is 0. The van der Waals surface area contributed by atoms with Gasteiger partial charge in [0, 0.05) is 35.6 Å². The first-order chi connectivity index (χ1) is 17.3. The quantitative estimate of drug-likeness (QED) is 0.259.